The standard InChI is InChI=1S/C20H21N5O2/c1-14-4-6-25(24-14)7-5-20(26)23-12-18-9-16-8-15(2-3-19(16)27-18)17-10-21-13-22-11-17/h2-4,6,8,10-11,13,18H,5,7,9,12H2,1H3,(H,23,26). The lowest BCUT2D eigenvalue weighted by Gasteiger charge is -2.12. The molecule has 27 heavy (non-hydrogen) atoms. The van der Waals surface area contributed by atoms with E-state index in [0.29, 0.717) is 19.5 Å². The van der Waals surface area contributed by atoms with Crippen molar-refractivity contribution in [1.29, 1.82) is 0 Å². The number of benzene rings is 1. The van der Waals surface area contributed by atoms with Crippen LogP contribution < -0.4 is 10.1 Å². The topological polar surface area (TPSA) is 81.9 Å². The van der Waals surface area contributed by atoms with E-state index in [1.807, 2.05) is 31.3 Å². The molecule has 1 amide bonds. The predicted octanol–water partition coefficient (Wildman–Crippen LogP) is 2.16. The van der Waals surface area contributed by atoms with Crippen molar-refractivity contribution in [3.05, 3.63) is 60.4 Å². The van der Waals surface area contributed by atoms with Gasteiger partial charge in [-0.15, -0.1) is 0 Å². The average molecular weight is 363 g/mol. The SMILES string of the molecule is Cc1ccn(CCC(=O)NCC2Cc3cc(-c4cncnc4)ccc3O2)n1. The number of rotatable bonds is 6. The molecule has 1 N–H and O–H groups in total. The summed E-state index contributed by atoms with van der Waals surface area (Å²) in [6.45, 7) is 3.01. The Kier molecular flexibility index (Phi) is 4.82. The van der Waals surface area contributed by atoms with Gasteiger partial charge in [0.15, 0.2) is 0 Å². The van der Waals surface area contributed by atoms with Crippen LogP contribution in [0.3, 0.4) is 0 Å². The number of ether oxygens (including phenoxy) is 1. The Hall–Kier alpha value is -3.22. The Morgan fingerprint density at radius 2 is 2.11 bits per heavy atom. The maximum atomic E-state index is 12.1. The highest BCUT2D eigenvalue weighted by Crippen LogP contribution is 2.32. The monoisotopic (exact) mass is 363 g/mol. The number of aryl methyl sites for hydroxylation is 2. The normalized spacial score (nSPS) is 15.2. The van der Waals surface area contributed by atoms with E-state index in [2.05, 4.69) is 26.4 Å². The molecule has 7 nitrogen and oxygen atoms in total. The molecule has 4 rings (SSSR count). The zero-order chi connectivity index (χ0) is 18.6. The fraction of sp³-hybridized carbons (Fsp3) is 0.300. The van der Waals surface area contributed by atoms with Gasteiger partial charge in [-0.3, -0.25) is 9.48 Å². The van der Waals surface area contributed by atoms with Crippen LogP contribution in [0.4, 0.5) is 0 Å². The van der Waals surface area contributed by atoms with Crippen LogP contribution in [0.1, 0.15) is 17.7 Å². The van der Waals surface area contributed by atoms with Gasteiger partial charge in [-0.1, -0.05) is 6.07 Å². The first kappa shape index (κ1) is 17.2. The number of fused-ring (bicyclic) bond motifs is 1. The van der Waals surface area contributed by atoms with Gasteiger partial charge in [-0.2, -0.15) is 5.10 Å². The van der Waals surface area contributed by atoms with Crippen LogP contribution in [0.25, 0.3) is 11.1 Å². The Morgan fingerprint density at radius 1 is 1.26 bits per heavy atom. The van der Waals surface area contributed by atoms with Gasteiger partial charge in [-0.05, 0) is 36.2 Å². The fourth-order valence-electron chi connectivity index (χ4n) is 3.18. The largest absolute Gasteiger partial charge is 0.488 e. The molecule has 7 heteroatoms. The van der Waals surface area contributed by atoms with Crippen molar-refractivity contribution in [2.75, 3.05) is 6.54 Å². The van der Waals surface area contributed by atoms with Gasteiger partial charge in [-0.25, -0.2) is 9.97 Å². The minimum absolute atomic E-state index is 0.00447. The summed E-state index contributed by atoms with van der Waals surface area (Å²) in [6, 6.07) is 8.01. The molecule has 0 saturated carbocycles. The Balaban J connectivity index is 1.29. The minimum atomic E-state index is -0.0434. The summed E-state index contributed by atoms with van der Waals surface area (Å²) in [4.78, 5) is 20.2. The number of hydrogen-bond donors (Lipinski definition) is 1. The molecule has 2 aromatic heterocycles. The Bertz CT molecular complexity index is 939. The zero-order valence-electron chi connectivity index (χ0n) is 15.1. The van der Waals surface area contributed by atoms with E-state index < -0.39 is 0 Å². The van der Waals surface area contributed by atoms with Gasteiger partial charge >= 0.3 is 0 Å². The molecular formula is C20H21N5O2. The molecule has 1 aliphatic rings. The zero-order valence-corrected chi connectivity index (χ0v) is 15.1. The van der Waals surface area contributed by atoms with Crippen LogP contribution in [0.2, 0.25) is 0 Å². The lowest BCUT2D eigenvalue weighted by atomic mass is 10.0. The second-order valence-electron chi connectivity index (χ2n) is 6.67. The van der Waals surface area contributed by atoms with Crippen molar-refractivity contribution < 1.29 is 9.53 Å². The van der Waals surface area contributed by atoms with E-state index in [-0.39, 0.29) is 12.0 Å². The van der Waals surface area contributed by atoms with Crippen LogP contribution in [0, 0.1) is 6.92 Å². The van der Waals surface area contributed by atoms with Gasteiger partial charge in [0.25, 0.3) is 0 Å². The van der Waals surface area contributed by atoms with E-state index >= 15 is 0 Å². The average Bonchev–Trinajstić information content (AvgIpc) is 3.30. The summed E-state index contributed by atoms with van der Waals surface area (Å²) >= 11 is 0. The molecule has 0 spiro atoms. The maximum absolute atomic E-state index is 12.1. The van der Waals surface area contributed by atoms with Gasteiger partial charge in [0.05, 0.1) is 12.2 Å². The van der Waals surface area contributed by atoms with Crippen LogP contribution in [0.5, 0.6) is 5.75 Å². The molecule has 138 valence electrons. The minimum Gasteiger partial charge on any atom is -0.488 e. The first-order valence-electron chi connectivity index (χ1n) is 8.99. The van der Waals surface area contributed by atoms with Crippen molar-refractivity contribution in [2.45, 2.75) is 32.4 Å². The first-order valence-corrected chi connectivity index (χ1v) is 8.99. The fourth-order valence-corrected chi connectivity index (χ4v) is 3.18. The Labute approximate surface area is 157 Å². The number of carbonyl (C=O) groups excluding carboxylic acids is 1. The van der Waals surface area contributed by atoms with Crippen LogP contribution in [0.15, 0.2) is 49.2 Å². The molecule has 0 aliphatic carbocycles. The van der Waals surface area contributed by atoms with Gasteiger partial charge in [0.2, 0.25) is 5.91 Å². The van der Waals surface area contributed by atoms with Crippen molar-refractivity contribution in [3.63, 3.8) is 0 Å². The number of hydrogen-bond acceptors (Lipinski definition) is 5. The summed E-state index contributed by atoms with van der Waals surface area (Å²) in [5.41, 5.74) is 4.14. The molecule has 0 radical (unpaired) electrons. The summed E-state index contributed by atoms with van der Waals surface area (Å²) < 4.78 is 7.73. The van der Waals surface area contributed by atoms with E-state index in [1.54, 1.807) is 17.1 Å². The molecule has 1 unspecified atom stereocenters. The predicted molar refractivity (Wildman–Crippen MR) is 100 cm³/mol. The molecule has 3 aromatic rings. The van der Waals surface area contributed by atoms with E-state index in [1.165, 1.54) is 6.33 Å². The third-order valence-electron chi connectivity index (χ3n) is 4.56. The summed E-state index contributed by atoms with van der Waals surface area (Å²) in [5.74, 6) is 0.881. The number of nitrogens with zero attached hydrogens (tertiary/aromatic N) is 4. The lowest BCUT2D eigenvalue weighted by molar-refractivity contribution is -0.121. The molecule has 1 aliphatic heterocycles. The highest BCUT2D eigenvalue weighted by Gasteiger charge is 2.23. The number of aromatic nitrogens is 4. The van der Waals surface area contributed by atoms with Gasteiger partial charge < -0.3 is 10.1 Å². The van der Waals surface area contributed by atoms with Crippen LogP contribution in [-0.4, -0.2) is 38.3 Å². The number of nitrogens with one attached hydrogen (secondary N) is 1. The lowest BCUT2D eigenvalue weighted by Crippen LogP contribution is -2.34. The molecular weight excluding hydrogens is 342 g/mol. The summed E-state index contributed by atoms with van der Waals surface area (Å²) in [6.07, 6.45) is 8.13. The van der Waals surface area contributed by atoms with Crippen LogP contribution in [-0.2, 0) is 17.8 Å². The second-order valence-corrected chi connectivity index (χ2v) is 6.67. The first-order chi connectivity index (χ1) is 13.2. The van der Waals surface area contributed by atoms with Gasteiger partial charge in [0.1, 0.15) is 18.2 Å². The highest BCUT2D eigenvalue weighted by atomic mass is 16.5. The van der Waals surface area contributed by atoms with E-state index in [4.69, 9.17) is 4.74 Å². The second kappa shape index (κ2) is 7.57. The molecule has 0 bridgehead atoms. The maximum Gasteiger partial charge on any atom is 0.221 e. The van der Waals surface area contributed by atoms with Crippen molar-refractivity contribution >= 4 is 5.91 Å². The van der Waals surface area contributed by atoms with E-state index in [9.17, 15) is 4.79 Å². The molecule has 3 heterocycles. The number of carbonyl (C=O) groups is 1. The van der Waals surface area contributed by atoms with Crippen molar-refractivity contribution in [1.82, 2.24) is 25.1 Å². The highest BCUT2D eigenvalue weighted by molar-refractivity contribution is 5.75. The Morgan fingerprint density at radius 3 is 2.89 bits per heavy atom. The third kappa shape index (κ3) is 4.13. The quantitative estimate of drug-likeness (QED) is 0.726. The van der Waals surface area contributed by atoms with Gasteiger partial charge in [0, 0.05) is 43.5 Å². The van der Waals surface area contributed by atoms with E-state index in [0.717, 1.165) is 34.6 Å². The molecule has 1 atom stereocenters. The number of amides is 1. The summed E-state index contributed by atoms with van der Waals surface area (Å²) in [5, 5.41) is 7.24. The molecule has 0 saturated heterocycles. The van der Waals surface area contributed by atoms with Crippen molar-refractivity contribution in [2.24, 2.45) is 0 Å². The molecule has 0 fully saturated rings. The molecule has 1 aromatic carbocycles. The van der Waals surface area contributed by atoms with Crippen LogP contribution >= 0.6 is 0 Å². The van der Waals surface area contributed by atoms with Crippen molar-refractivity contribution in [3.8, 4) is 16.9 Å². The summed E-state index contributed by atoms with van der Waals surface area (Å²) in [7, 11) is 0. The smallest absolute Gasteiger partial charge is 0.221 e. The third-order valence-corrected chi connectivity index (χ3v) is 4.56.